The first kappa shape index (κ1) is 23.5. The van der Waals surface area contributed by atoms with Gasteiger partial charge >= 0.3 is 0 Å². The Labute approximate surface area is 193 Å². The van der Waals surface area contributed by atoms with Gasteiger partial charge in [0.15, 0.2) is 0 Å². The molecule has 1 saturated carbocycles. The molecule has 2 aliphatic rings. The molecular weight excluding hydrogens is 425 g/mol. The molecule has 2 N–H and O–H groups in total. The van der Waals surface area contributed by atoms with Crippen LogP contribution in [0.5, 0.6) is 5.88 Å². The van der Waals surface area contributed by atoms with Crippen LogP contribution in [-0.2, 0) is 16.9 Å². The molecule has 0 spiro atoms. The molecule has 2 heterocycles. The van der Waals surface area contributed by atoms with Gasteiger partial charge in [-0.2, -0.15) is 0 Å². The molecule has 1 saturated heterocycles. The molecule has 7 heteroatoms. The molecule has 5 nitrogen and oxygen atoms in total. The predicted octanol–water partition coefficient (Wildman–Crippen LogP) is 4.70. The van der Waals surface area contributed by atoms with Gasteiger partial charge in [0.05, 0.1) is 11.2 Å². The normalized spacial score (nSPS) is 25.5. The third-order valence-electron chi connectivity index (χ3n) is 6.76. The predicted molar refractivity (Wildman–Crippen MR) is 127 cm³/mol. The molecule has 0 radical (unpaired) electrons. The second kappa shape index (κ2) is 8.60. The standard InChI is InChI=1S/C25H34FN3O2S/c1-6-24(5,29-32(30)23(2,3)4)18-13-21(17-7-9-20(26)10-8-17)28-22(14-18)31-25-11-12-27-16-19(25)15-25/h7-10,13-14,19,27,29H,6,11-12,15-16H2,1-5H3/t19-,24?,25+,32?/m1/s1. The molecule has 0 bridgehead atoms. The fraction of sp³-hybridized carbons (Fsp3) is 0.560. The van der Waals surface area contributed by atoms with Crippen LogP contribution in [0.2, 0.25) is 0 Å². The van der Waals surface area contributed by atoms with Gasteiger partial charge in [0.25, 0.3) is 0 Å². The summed E-state index contributed by atoms with van der Waals surface area (Å²) in [4.78, 5) is 4.81. The Morgan fingerprint density at radius 3 is 2.59 bits per heavy atom. The Kier molecular flexibility index (Phi) is 6.31. The second-order valence-electron chi connectivity index (χ2n) is 10.3. The average molecular weight is 460 g/mol. The number of nitrogens with one attached hydrogen (secondary N) is 2. The van der Waals surface area contributed by atoms with Gasteiger partial charge in [-0.25, -0.2) is 9.37 Å². The molecule has 174 valence electrons. The number of rotatable bonds is 7. The lowest BCUT2D eigenvalue weighted by atomic mass is 9.90. The van der Waals surface area contributed by atoms with E-state index >= 15 is 0 Å². The van der Waals surface area contributed by atoms with Gasteiger partial charge in [0.1, 0.15) is 16.2 Å². The molecule has 1 aromatic heterocycles. The van der Waals surface area contributed by atoms with E-state index in [0.717, 1.165) is 49.2 Å². The van der Waals surface area contributed by atoms with E-state index in [1.54, 1.807) is 12.1 Å². The van der Waals surface area contributed by atoms with E-state index < -0.39 is 21.6 Å². The van der Waals surface area contributed by atoms with Gasteiger partial charge in [0.2, 0.25) is 5.88 Å². The number of hydrogen-bond acceptors (Lipinski definition) is 5. The lowest BCUT2D eigenvalue weighted by molar-refractivity contribution is 0.128. The highest BCUT2D eigenvalue weighted by molar-refractivity contribution is 7.90. The van der Waals surface area contributed by atoms with Crippen LogP contribution < -0.4 is 14.8 Å². The highest BCUT2D eigenvalue weighted by atomic mass is 32.2. The zero-order valence-electron chi connectivity index (χ0n) is 19.6. The van der Waals surface area contributed by atoms with Crippen LogP contribution >= 0.6 is 0 Å². The van der Waals surface area contributed by atoms with Gasteiger partial charge < -0.3 is 14.6 Å². The number of piperidine rings is 1. The van der Waals surface area contributed by atoms with Crippen molar-refractivity contribution in [3.05, 3.63) is 47.8 Å². The number of fused-ring (bicyclic) bond motifs is 1. The number of aromatic nitrogens is 1. The number of pyridine rings is 1. The van der Waals surface area contributed by atoms with E-state index in [1.807, 2.05) is 32.9 Å². The van der Waals surface area contributed by atoms with E-state index in [2.05, 4.69) is 23.9 Å². The maximum absolute atomic E-state index is 13.5. The largest absolute Gasteiger partial charge is 0.598 e. The number of hydrogen-bond donors (Lipinski definition) is 2. The Hall–Kier alpha value is -1.67. The summed E-state index contributed by atoms with van der Waals surface area (Å²) < 4.78 is 36.0. The van der Waals surface area contributed by atoms with Gasteiger partial charge in [0, 0.05) is 35.5 Å². The molecule has 4 rings (SSSR count). The lowest BCUT2D eigenvalue weighted by Gasteiger charge is -2.35. The SMILES string of the molecule is CCC(C)(N[S+]([O-])C(C)(C)C)c1cc(O[C@]23CCNC[C@H]2C3)nc(-c2ccc(F)cc2)c1. The number of nitrogens with zero attached hydrogens (tertiary/aromatic N) is 1. The third-order valence-corrected chi connectivity index (χ3v) is 8.51. The minimum Gasteiger partial charge on any atom is -0.598 e. The molecular formula is C25H34FN3O2S. The monoisotopic (exact) mass is 459 g/mol. The summed E-state index contributed by atoms with van der Waals surface area (Å²) in [6.45, 7) is 11.9. The molecule has 2 fully saturated rings. The molecule has 1 aromatic carbocycles. The first-order valence-corrected chi connectivity index (χ1v) is 12.6. The van der Waals surface area contributed by atoms with E-state index in [-0.39, 0.29) is 11.4 Å². The molecule has 32 heavy (non-hydrogen) atoms. The van der Waals surface area contributed by atoms with Crippen LogP contribution in [0.15, 0.2) is 36.4 Å². The summed E-state index contributed by atoms with van der Waals surface area (Å²) in [5.41, 5.74) is 1.83. The summed E-state index contributed by atoms with van der Waals surface area (Å²) in [5.74, 6) is 0.811. The third kappa shape index (κ3) is 4.81. The molecule has 2 unspecified atom stereocenters. The van der Waals surface area contributed by atoms with Gasteiger partial charge in [-0.05, 0) is 89.4 Å². The van der Waals surface area contributed by atoms with Crippen LogP contribution in [0.25, 0.3) is 11.3 Å². The van der Waals surface area contributed by atoms with Gasteiger partial charge in [-0.1, -0.05) is 6.92 Å². The van der Waals surface area contributed by atoms with Gasteiger partial charge in [-0.3, -0.25) is 0 Å². The minimum atomic E-state index is -1.24. The molecule has 1 aliphatic carbocycles. The lowest BCUT2D eigenvalue weighted by Crippen LogP contribution is -2.49. The highest BCUT2D eigenvalue weighted by Crippen LogP contribution is 2.51. The van der Waals surface area contributed by atoms with Crippen molar-refractivity contribution < 1.29 is 13.7 Å². The summed E-state index contributed by atoms with van der Waals surface area (Å²) >= 11 is -1.24. The number of ether oxygens (including phenoxy) is 1. The van der Waals surface area contributed by atoms with Crippen molar-refractivity contribution in [1.82, 2.24) is 15.0 Å². The molecule has 2 aromatic rings. The van der Waals surface area contributed by atoms with Crippen molar-refractivity contribution in [3.8, 4) is 17.1 Å². The molecule has 0 amide bonds. The number of benzene rings is 1. The minimum absolute atomic E-state index is 0.138. The van der Waals surface area contributed by atoms with Crippen molar-refractivity contribution >= 4 is 11.4 Å². The summed E-state index contributed by atoms with van der Waals surface area (Å²) in [6.07, 6.45) is 2.74. The van der Waals surface area contributed by atoms with Crippen molar-refractivity contribution in [2.75, 3.05) is 13.1 Å². The van der Waals surface area contributed by atoms with Crippen molar-refractivity contribution in [3.63, 3.8) is 0 Å². The van der Waals surface area contributed by atoms with Crippen molar-refractivity contribution in [2.45, 2.75) is 69.8 Å². The Morgan fingerprint density at radius 2 is 1.97 bits per heavy atom. The van der Waals surface area contributed by atoms with E-state index in [1.165, 1.54) is 12.1 Å². The van der Waals surface area contributed by atoms with E-state index in [0.29, 0.717) is 11.8 Å². The van der Waals surface area contributed by atoms with E-state index in [4.69, 9.17) is 9.72 Å². The summed E-state index contributed by atoms with van der Waals surface area (Å²) in [7, 11) is 0. The van der Waals surface area contributed by atoms with Crippen LogP contribution in [0.4, 0.5) is 4.39 Å². The van der Waals surface area contributed by atoms with Crippen molar-refractivity contribution in [1.29, 1.82) is 0 Å². The second-order valence-corrected chi connectivity index (χ2v) is 12.2. The van der Waals surface area contributed by atoms with Crippen LogP contribution in [0.1, 0.15) is 59.4 Å². The van der Waals surface area contributed by atoms with Gasteiger partial charge in [-0.15, -0.1) is 4.72 Å². The fourth-order valence-electron chi connectivity index (χ4n) is 4.22. The fourth-order valence-corrected chi connectivity index (χ4v) is 5.20. The molecule has 4 atom stereocenters. The Bertz CT molecular complexity index is 965. The van der Waals surface area contributed by atoms with Crippen LogP contribution in [-0.4, -0.2) is 33.0 Å². The first-order chi connectivity index (χ1) is 15.0. The maximum atomic E-state index is 13.5. The zero-order valence-corrected chi connectivity index (χ0v) is 20.4. The van der Waals surface area contributed by atoms with E-state index in [9.17, 15) is 8.94 Å². The summed E-state index contributed by atoms with van der Waals surface area (Å²) in [5, 5.41) is 3.43. The summed E-state index contributed by atoms with van der Waals surface area (Å²) in [6, 6.07) is 10.3. The maximum Gasteiger partial charge on any atom is 0.214 e. The Morgan fingerprint density at radius 1 is 1.25 bits per heavy atom. The average Bonchev–Trinajstić information content (AvgIpc) is 3.47. The van der Waals surface area contributed by atoms with Crippen molar-refractivity contribution in [2.24, 2.45) is 5.92 Å². The Balaban J connectivity index is 1.73. The topological polar surface area (TPSA) is 69.2 Å². The number of halogens is 1. The smallest absolute Gasteiger partial charge is 0.214 e. The van der Waals surface area contributed by atoms with Crippen LogP contribution in [0, 0.1) is 11.7 Å². The molecule has 1 aliphatic heterocycles. The first-order valence-electron chi connectivity index (χ1n) is 11.4. The zero-order chi connectivity index (χ0) is 23.1. The van der Waals surface area contributed by atoms with Crippen LogP contribution in [0.3, 0.4) is 0 Å². The quantitative estimate of drug-likeness (QED) is 0.588. The highest BCUT2D eigenvalue weighted by Gasteiger charge is 2.58.